The van der Waals surface area contributed by atoms with Gasteiger partial charge in [-0.05, 0) is 13.5 Å². The molecule has 11 heavy (non-hydrogen) atoms. The Kier molecular flexibility index (Phi) is 6.51. The van der Waals surface area contributed by atoms with E-state index in [0.29, 0.717) is 0 Å². The maximum absolute atomic E-state index is 9.07. The molecule has 0 aliphatic carbocycles. The van der Waals surface area contributed by atoms with Crippen LogP contribution in [0.2, 0.25) is 0 Å². The SMILES string of the molecule is CCN(CCOC)CC(C)O. The number of hydrogen-bond acceptors (Lipinski definition) is 3. The van der Waals surface area contributed by atoms with E-state index in [1.165, 1.54) is 0 Å². The standard InChI is InChI=1S/C8H19NO2/c1-4-9(5-6-11-3)7-8(2)10/h8,10H,4-7H2,1-3H3. The second-order valence-corrected chi connectivity index (χ2v) is 2.74. The molecule has 0 amide bonds. The van der Waals surface area contributed by atoms with Crippen LogP contribution >= 0.6 is 0 Å². The summed E-state index contributed by atoms with van der Waals surface area (Å²) in [5, 5.41) is 9.07. The van der Waals surface area contributed by atoms with E-state index in [1.54, 1.807) is 14.0 Å². The van der Waals surface area contributed by atoms with Crippen LogP contribution in [0.4, 0.5) is 0 Å². The number of ether oxygens (including phenoxy) is 1. The third kappa shape index (κ3) is 6.28. The van der Waals surface area contributed by atoms with Gasteiger partial charge in [0.05, 0.1) is 12.7 Å². The zero-order valence-corrected chi connectivity index (χ0v) is 7.71. The van der Waals surface area contributed by atoms with Crippen LogP contribution in [-0.4, -0.2) is 49.5 Å². The molecule has 1 atom stereocenters. The summed E-state index contributed by atoms with van der Waals surface area (Å²) >= 11 is 0. The third-order valence-corrected chi connectivity index (χ3v) is 1.58. The molecule has 0 rings (SSSR count). The largest absolute Gasteiger partial charge is 0.392 e. The van der Waals surface area contributed by atoms with E-state index < -0.39 is 0 Å². The molecular formula is C8H19NO2. The summed E-state index contributed by atoms with van der Waals surface area (Å²) in [5.74, 6) is 0. The van der Waals surface area contributed by atoms with E-state index >= 15 is 0 Å². The number of aliphatic hydroxyl groups is 1. The van der Waals surface area contributed by atoms with Crippen LogP contribution in [-0.2, 0) is 4.74 Å². The summed E-state index contributed by atoms with van der Waals surface area (Å²) in [6.45, 7) is 7.22. The maximum Gasteiger partial charge on any atom is 0.0639 e. The van der Waals surface area contributed by atoms with Gasteiger partial charge in [-0.15, -0.1) is 0 Å². The van der Waals surface area contributed by atoms with Crippen LogP contribution in [0.3, 0.4) is 0 Å². The van der Waals surface area contributed by atoms with Crippen LogP contribution in [0, 0.1) is 0 Å². The van der Waals surface area contributed by atoms with E-state index in [4.69, 9.17) is 9.84 Å². The molecule has 68 valence electrons. The van der Waals surface area contributed by atoms with Crippen molar-refractivity contribution in [1.29, 1.82) is 0 Å². The molecule has 0 fully saturated rings. The van der Waals surface area contributed by atoms with E-state index in [1.807, 2.05) is 0 Å². The number of nitrogens with zero attached hydrogens (tertiary/aromatic N) is 1. The van der Waals surface area contributed by atoms with Crippen molar-refractivity contribution in [3.8, 4) is 0 Å². The van der Waals surface area contributed by atoms with Gasteiger partial charge in [-0.25, -0.2) is 0 Å². The summed E-state index contributed by atoms with van der Waals surface area (Å²) in [7, 11) is 1.69. The molecule has 0 radical (unpaired) electrons. The van der Waals surface area contributed by atoms with Crippen molar-refractivity contribution in [2.75, 3.05) is 33.4 Å². The Bertz CT molecular complexity index is 86.2. The Hall–Kier alpha value is -0.120. The van der Waals surface area contributed by atoms with Crippen molar-refractivity contribution in [3.63, 3.8) is 0 Å². The highest BCUT2D eigenvalue weighted by Crippen LogP contribution is 1.90. The van der Waals surface area contributed by atoms with E-state index in [0.717, 1.165) is 26.2 Å². The molecule has 3 nitrogen and oxygen atoms in total. The molecule has 0 aromatic rings. The fourth-order valence-corrected chi connectivity index (χ4v) is 0.973. The second kappa shape index (κ2) is 6.58. The highest BCUT2D eigenvalue weighted by molar-refractivity contribution is 4.58. The molecule has 0 bridgehead atoms. The molecule has 1 N–H and O–H groups in total. The summed E-state index contributed by atoms with van der Waals surface area (Å²) < 4.78 is 4.93. The molecule has 0 saturated carbocycles. The Morgan fingerprint density at radius 1 is 1.55 bits per heavy atom. The summed E-state index contributed by atoms with van der Waals surface area (Å²) in [6, 6.07) is 0. The van der Waals surface area contributed by atoms with Crippen molar-refractivity contribution in [1.82, 2.24) is 4.90 Å². The minimum Gasteiger partial charge on any atom is -0.392 e. The van der Waals surface area contributed by atoms with Gasteiger partial charge in [0, 0.05) is 20.2 Å². The van der Waals surface area contributed by atoms with Crippen LogP contribution in [0.25, 0.3) is 0 Å². The highest BCUT2D eigenvalue weighted by Gasteiger charge is 2.04. The molecular weight excluding hydrogens is 142 g/mol. The number of rotatable bonds is 6. The van der Waals surface area contributed by atoms with Crippen LogP contribution < -0.4 is 0 Å². The number of methoxy groups -OCH3 is 1. The lowest BCUT2D eigenvalue weighted by molar-refractivity contribution is 0.101. The van der Waals surface area contributed by atoms with Gasteiger partial charge >= 0.3 is 0 Å². The lowest BCUT2D eigenvalue weighted by Gasteiger charge is -2.20. The molecule has 0 heterocycles. The monoisotopic (exact) mass is 161 g/mol. The van der Waals surface area contributed by atoms with E-state index in [9.17, 15) is 0 Å². The summed E-state index contributed by atoms with van der Waals surface area (Å²) in [4.78, 5) is 2.16. The van der Waals surface area contributed by atoms with Gasteiger partial charge in [0.1, 0.15) is 0 Å². The zero-order chi connectivity index (χ0) is 8.69. The lowest BCUT2D eigenvalue weighted by atomic mass is 10.3. The normalized spacial score (nSPS) is 13.9. The van der Waals surface area contributed by atoms with Crippen molar-refractivity contribution in [2.24, 2.45) is 0 Å². The molecule has 0 aromatic heterocycles. The average molecular weight is 161 g/mol. The van der Waals surface area contributed by atoms with Crippen LogP contribution in [0.15, 0.2) is 0 Å². The fraction of sp³-hybridized carbons (Fsp3) is 1.00. The predicted octanol–water partition coefficient (Wildman–Crippen LogP) is 0.336. The zero-order valence-electron chi connectivity index (χ0n) is 7.71. The van der Waals surface area contributed by atoms with Gasteiger partial charge in [-0.1, -0.05) is 6.92 Å². The second-order valence-electron chi connectivity index (χ2n) is 2.74. The Balaban J connectivity index is 3.41. The molecule has 0 aliphatic rings. The topological polar surface area (TPSA) is 32.7 Å². The van der Waals surface area contributed by atoms with Crippen molar-refractivity contribution in [3.05, 3.63) is 0 Å². The first-order chi connectivity index (χ1) is 5.20. The third-order valence-electron chi connectivity index (χ3n) is 1.58. The summed E-state index contributed by atoms with van der Waals surface area (Å²) in [6.07, 6.45) is -0.244. The fourth-order valence-electron chi connectivity index (χ4n) is 0.973. The van der Waals surface area contributed by atoms with E-state index in [-0.39, 0.29) is 6.10 Å². The molecule has 3 heteroatoms. The van der Waals surface area contributed by atoms with Gasteiger partial charge in [-0.2, -0.15) is 0 Å². The summed E-state index contributed by atoms with van der Waals surface area (Å²) in [5.41, 5.74) is 0. The van der Waals surface area contributed by atoms with Crippen molar-refractivity contribution < 1.29 is 9.84 Å². The molecule has 0 aliphatic heterocycles. The Morgan fingerprint density at radius 3 is 2.55 bits per heavy atom. The van der Waals surface area contributed by atoms with Gasteiger partial charge in [0.15, 0.2) is 0 Å². The highest BCUT2D eigenvalue weighted by atomic mass is 16.5. The van der Waals surface area contributed by atoms with Crippen LogP contribution in [0.1, 0.15) is 13.8 Å². The quantitative estimate of drug-likeness (QED) is 0.609. The average Bonchev–Trinajstić information content (AvgIpc) is 1.97. The molecule has 0 aromatic carbocycles. The lowest BCUT2D eigenvalue weighted by Crippen LogP contribution is -2.33. The molecule has 0 spiro atoms. The van der Waals surface area contributed by atoms with E-state index in [2.05, 4.69) is 11.8 Å². The Labute approximate surface area is 69.0 Å². The smallest absolute Gasteiger partial charge is 0.0639 e. The minimum absolute atomic E-state index is 0.244. The number of aliphatic hydroxyl groups excluding tert-OH is 1. The number of likely N-dealkylation sites (N-methyl/N-ethyl adjacent to an activating group) is 1. The Morgan fingerprint density at radius 2 is 2.18 bits per heavy atom. The first-order valence-corrected chi connectivity index (χ1v) is 4.10. The van der Waals surface area contributed by atoms with Crippen molar-refractivity contribution in [2.45, 2.75) is 20.0 Å². The molecule has 0 saturated heterocycles. The van der Waals surface area contributed by atoms with Gasteiger partial charge in [0.25, 0.3) is 0 Å². The number of hydrogen-bond donors (Lipinski definition) is 1. The van der Waals surface area contributed by atoms with Crippen molar-refractivity contribution >= 4 is 0 Å². The predicted molar refractivity (Wildman–Crippen MR) is 45.7 cm³/mol. The van der Waals surface area contributed by atoms with Crippen LogP contribution in [0.5, 0.6) is 0 Å². The van der Waals surface area contributed by atoms with Gasteiger partial charge in [-0.3, -0.25) is 4.90 Å². The minimum atomic E-state index is -0.244. The maximum atomic E-state index is 9.07. The first-order valence-electron chi connectivity index (χ1n) is 4.10. The first kappa shape index (κ1) is 10.9. The molecule has 1 unspecified atom stereocenters. The van der Waals surface area contributed by atoms with Gasteiger partial charge < -0.3 is 9.84 Å². The van der Waals surface area contributed by atoms with Gasteiger partial charge in [0.2, 0.25) is 0 Å².